The van der Waals surface area contributed by atoms with E-state index < -0.39 is 0 Å². The van der Waals surface area contributed by atoms with E-state index in [0.29, 0.717) is 31.0 Å². The Morgan fingerprint density at radius 1 is 1.12 bits per heavy atom. The number of fused-ring (bicyclic) bond motifs is 2. The SMILES string of the molecule is CC(C)CN(CCNC(=O)c1ccc2c(c1)N=C(CCN)c1ccccc1S2)CC(C)N. The summed E-state index contributed by atoms with van der Waals surface area (Å²) in [7, 11) is 0. The molecule has 32 heavy (non-hydrogen) atoms. The molecule has 1 atom stereocenters. The molecule has 0 radical (unpaired) electrons. The fourth-order valence-electron chi connectivity index (χ4n) is 3.89. The van der Waals surface area contributed by atoms with Gasteiger partial charge in [-0.2, -0.15) is 0 Å². The number of rotatable bonds is 10. The normalized spacial score (nSPS) is 13.9. The van der Waals surface area contributed by atoms with Gasteiger partial charge >= 0.3 is 0 Å². The standard InChI is InChI=1S/C25H35N5OS/c1-17(2)15-30(16-18(3)27)13-12-28-25(31)19-8-9-24-22(14-19)29-21(10-11-26)20-6-4-5-7-23(20)32-24/h4-9,14,17-18H,10-13,15-16,26-27H2,1-3H3,(H,28,31). The minimum absolute atomic E-state index is 0.0829. The van der Waals surface area contributed by atoms with Gasteiger partial charge in [0, 0.05) is 59.6 Å². The van der Waals surface area contributed by atoms with Gasteiger partial charge in [0.2, 0.25) is 0 Å². The first-order valence-electron chi connectivity index (χ1n) is 11.3. The van der Waals surface area contributed by atoms with E-state index in [0.717, 1.165) is 46.4 Å². The summed E-state index contributed by atoms with van der Waals surface area (Å²) in [6, 6.07) is 14.1. The van der Waals surface area contributed by atoms with Crippen molar-refractivity contribution in [2.45, 2.75) is 43.0 Å². The van der Waals surface area contributed by atoms with Crippen LogP contribution in [0.25, 0.3) is 0 Å². The summed E-state index contributed by atoms with van der Waals surface area (Å²) in [5, 5.41) is 3.06. The molecule has 7 heteroatoms. The Bertz CT molecular complexity index is 947. The molecule has 2 aromatic rings. The summed E-state index contributed by atoms with van der Waals surface area (Å²) in [5.74, 6) is 0.469. The van der Waals surface area contributed by atoms with Gasteiger partial charge < -0.3 is 16.8 Å². The van der Waals surface area contributed by atoms with Crippen LogP contribution in [0.1, 0.15) is 43.1 Å². The maximum absolute atomic E-state index is 12.8. The Hall–Kier alpha value is -2.19. The van der Waals surface area contributed by atoms with E-state index in [1.54, 1.807) is 11.8 Å². The average Bonchev–Trinajstić information content (AvgIpc) is 2.89. The Balaban J connectivity index is 1.72. The van der Waals surface area contributed by atoms with Crippen LogP contribution in [0.2, 0.25) is 0 Å². The molecular formula is C25H35N5OS. The lowest BCUT2D eigenvalue weighted by Gasteiger charge is -2.26. The first kappa shape index (κ1) is 24.5. The molecule has 6 nitrogen and oxygen atoms in total. The second-order valence-corrected chi connectivity index (χ2v) is 9.85. The predicted molar refractivity (Wildman–Crippen MR) is 134 cm³/mol. The number of nitrogens with one attached hydrogen (secondary N) is 1. The van der Waals surface area contributed by atoms with Gasteiger partial charge in [0.1, 0.15) is 0 Å². The van der Waals surface area contributed by atoms with Crippen molar-refractivity contribution >= 4 is 29.1 Å². The van der Waals surface area contributed by atoms with Gasteiger partial charge in [0.05, 0.1) is 11.4 Å². The zero-order valence-corrected chi connectivity index (χ0v) is 20.1. The van der Waals surface area contributed by atoms with Gasteiger partial charge in [-0.3, -0.25) is 14.7 Å². The number of benzene rings is 2. The number of aliphatic imine (C=N–C) groups is 1. The molecule has 0 aliphatic carbocycles. The summed E-state index contributed by atoms with van der Waals surface area (Å²) in [5.41, 5.74) is 15.3. The van der Waals surface area contributed by atoms with Crippen molar-refractivity contribution in [2.24, 2.45) is 22.4 Å². The zero-order valence-electron chi connectivity index (χ0n) is 19.3. The first-order valence-corrected chi connectivity index (χ1v) is 12.1. The molecule has 1 unspecified atom stereocenters. The molecule has 0 saturated carbocycles. The second kappa shape index (κ2) is 11.6. The van der Waals surface area contributed by atoms with Gasteiger partial charge in [-0.05, 0) is 43.7 Å². The Morgan fingerprint density at radius 2 is 1.91 bits per heavy atom. The van der Waals surface area contributed by atoms with E-state index >= 15 is 0 Å². The summed E-state index contributed by atoms with van der Waals surface area (Å²) in [6.45, 7) is 10.1. The van der Waals surface area contributed by atoms with Crippen molar-refractivity contribution in [3.63, 3.8) is 0 Å². The van der Waals surface area contributed by atoms with Crippen LogP contribution in [-0.4, -0.2) is 55.3 Å². The largest absolute Gasteiger partial charge is 0.351 e. The molecule has 1 aliphatic heterocycles. The highest BCUT2D eigenvalue weighted by atomic mass is 32.2. The molecule has 0 fully saturated rings. The van der Waals surface area contributed by atoms with Gasteiger partial charge in [-0.25, -0.2) is 0 Å². The van der Waals surface area contributed by atoms with Crippen molar-refractivity contribution in [3.8, 4) is 0 Å². The number of hydrogen-bond acceptors (Lipinski definition) is 6. The summed E-state index contributed by atoms with van der Waals surface area (Å²) in [6.07, 6.45) is 0.693. The fourth-order valence-corrected chi connectivity index (χ4v) is 4.91. The van der Waals surface area contributed by atoms with Crippen molar-refractivity contribution in [3.05, 3.63) is 53.6 Å². The van der Waals surface area contributed by atoms with Crippen molar-refractivity contribution in [2.75, 3.05) is 32.7 Å². The van der Waals surface area contributed by atoms with Crippen molar-refractivity contribution in [1.82, 2.24) is 10.2 Å². The van der Waals surface area contributed by atoms with E-state index in [4.69, 9.17) is 16.5 Å². The third-order valence-corrected chi connectivity index (χ3v) is 6.30. The number of nitrogens with zero attached hydrogens (tertiary/aromatic N) is 2. The molecule has 0 saturated heterocycles. The quantitative estimate of drug-likeness (QED) is 0.510. The number of amides is 1. The van der Waals surface area contributed by atoms with Crippen molar-refractivity contribution < 1.29 is 4.79 Å². The molecule has 0 spiro atoms. The molecule has 3 rings (SSSR count). The van der Waals surface area contributed by atoms with Crippen LogP contribution in [0.3, 0.4) is 0 Å². The van der Waals surface area contributed by atoms with Crippen LogP contribution in [0.15, 0.2) is 57.2 Å². The maximum Gasteiger partial charge on any atom is 0.251 e. The molecule has 2 aromatic carbocycles. The second-order valence-electron chi connectivity index (χ2n) is 8.76. The minimum Gasteiger partial charge on any atom is -0.351 e. The number of carbonyl (C=O) groups excluding carboxylic acids is 1. The topological polar surface area (TPSA) is 96.7 Å². The van der Waals surface area contributed by atoms with Gasteiger partial charge in [-0.15, -0.1) is 0 Å². The highest BCUT2D eigenvalue weighted by molar-refractivity contribution is 7.99. The highest BCUT2D eigenvalue weighted by Crippen LogP contribution is 2.41. The van der Waals surface area contributed by atoms with Crippen LogP contribution in [-0.2, 0) is 0 Å². The van der Waals surface area contributed by atoms with Crippen LogP contribution in [0.5, 0.6) is 0 Å². The zero-order chi connectivity index (χ0) is 23.1. The lowest BCUT2D eigenvalue weighted by Crippen LogP contribution is -2.42. The fraction of sp³-hybridized carbons (Fsp3) is 0.440. The van der Waals surface area contributed by atoms with E-state index in [9.17, 15) is 4.79 Å². The number of carbonyl (C=O) groups is 1. The monoisotopic (exact) mass is 453 g/mol. The van der Waals surface area contributed by atoms with E-state index in [-0.39, 0.29) is 11.9 Å². The van der Waals surface area contributed by atoms with E-state index in [1.165, 1.54) is 0 Å². The Kier molecular flexibility index (Phi) is 8.87. The van der Waals surface area contributed by atoms with Crippen LogP contribution in [0, 0.1) is 5.92 Å². The molecular weight excluding hydrogens is 418 g/mol. The number of nitrogens with two attached hydrogens (primary N) is 2. The molecule has 172 valence electrons. The highest BCUT2D eigenvalue weighted by Gasteiger charge is 2.18. The Labute approximate surface area is 195 Å². The van der Waals surface area contributed by atoms with Crippen LogP contribution in [0.4, 0.5) is 5.69 Å². The van der Waals surface area contributed by atoms with E-state index in [2.05, 4.69) is 36.2 Å². The molecule has 5 N–H and O–H groups in total. The first-order chi connectivity index (χ1) is 15.4. The van der Waals surface area contributed by atoms with Crippen LogP contribution >= 0.6 is 11.8 Å². The molecule has 0 aromatic heterocycles. The summed E-state index contributed by atoms with van der Waals surface area (Å²) < 4.78 is 0. The smallest absolute Gasteiger partial charge is 0.251 e. The lowest BCUT2D eigenvalue weighted by molar-refractivity contribution is 0.0947. The molecule has 1 amide bonds. The van der Waals surface area contributed by atoms with Crippen LogP contribution < -0.4 is 16.8 Å². The molecule has 1 heterocycles. The van der Waals surface area contributed by atoms with Gasteiger partial charge in [0.25, 0.3) is 5.91 Å². The summed E-state index contributed by atoms with van der Waals surface area (Å²) >= 11 is 1.68. The number of hydrogen-bond donors (Lipinski definition) is 3. The van der Waals surface area contributed by atoms with Gasteiger partial charge in [0.15, 0.2) is 0 Å². The maximum atomic E-state index is 12.8. The average molecular weight is 454 g/mol. The van der Waals surface area contributed by atoms with E-state index in [1.807, 2.05) is 37.3 Å². The van der Waals surface area contributed by atoms with Gasteiger partial charge in [-0.1, -0.05) is 43.8 Å². The predicted octanol–water partition coefficient (Wildman–Crippen LogP) is 3.66. The summed E-state index contributed by atoms with van der Waals surface area (Å²) in [4.78, 5) is 22.3. The third-order valence-electron chi connectivity index (χ3n) is 5.16. The van der Waals surface area contributed by atoms with Crippen molar-refractivity contribution in [1.29, 1.82) is 0 Å². The molecule has 1 aliphatic rings. The minimum atomic E-state index is -0.0829. The molecule has 0 bridgehead atoms. The third kappa shape index (κ3) is 6.65. The lowest BCUT2D eigenvalue weighted by atomic mass is 10.1. The Morgan fingerprint density at radius 3 is 2.62 bits per heavy atom.